The minimum atomic E-state index is 0.379. The molecule has 102 valence electrons. The molecule has 0 fully saturated rings. The van der Waals surface area contributed by atoms with E-state index in [0.717, 1.165) is 8.95 Å². The van der Waals surface area contributed by atoms with Gasteiger partial charge in [-0.1, -0.05) is 64.1 Å². The maximum atomic E-state index is 3.67. The highest BCUT2D eigenvalue weighted by atomic mass is 79.9. The number of hydrogen-bond acceptors (Lipinski definition) is 1. The molecular weight excluding hydrogens is 354 g/mol. The average Bonchev–Trinajstić information content (AvgIpc) is 2.28. The molecule has 18 heavy (non-hydrogen) atoms. The fourth-order valence-corrected chi connectivity index (χ4v) is 3.54. The third kappa shape index (κ3) is 5.41. The van der Waals surface area contributed by atoms with Gasteiger partial charge >= 0.3 is 0 Å². The maximum absolute atomic E-state index is 3.67. The molecule has 0 aliphatic carbocycles. The first-order valence-electron chi connectivity index (χ1n) is 6.75. The Kier molecular flexibility index (Phi) is 7.50. The van der Waals surface area contributed by atoms with Gasteiger partial charge in [0.15, 0.2) is 0 Å². The second-order valence-electron chi connectivity index (χ2n) is 4.95. The van der Waals surface area contributed by atoms with E-state index in [1.165, 1.54) is 31.2 Å². The summed E-state index contributed by atoms with van der Waals surface area (Å²) in [6, 6.07) is 7.33. The van der Waals surface area contributed by atoms with Gasteiger partial charge in [0, 0.05) is 21.0 Å². The number of benzene rings is 1. The third-order valence-corrected chi connectivity index (χ3v) is 4.38. The van der Waals surface area contributed by atoms with Crippen molar-refractivity contribution < 1.29 is 0 Å². The summed E-state index contributed by atoms with van der Waals surface area (Å²) >= 11 is 7.12. The molecule has 1 aromatic rings. The SMILES string of the molecule is CCCCCC(C)NC(C)c1ccc(Br)cc1Br. The van der Waals surface area contributed by atoms with Gasteiger partial charge in [-0.05, 0) is 38.0 Å². The second kappa shape index (κ2) is 8.34. The molecule has 1 nitrogen and oxygen atoms in total. The topological polar surface area (TPSA) is 12.0 Å². The molecule has 3 heteroatoms. The highest BCUT2D eigenvalue weighted by Gasteiger charge is 2.12. The molecule has 2 atom stereocenters. The van der Waals surface area contributed by atoms with Crippen LogP contribution in [-0.2, 0) is 0 Å². The molecule has 0 aromatic heterocycles. The Bertz CT molecular complexity index is 366. The zero-order valence-corrected chi connectivity index (χ0v) is 14.6. The highest BCUT2D eigenvalue weighted by molar-refractivity contribution is 9.11. The van der Waals surface area contributed by atoms with Crippen LogP contribution in [0.4, 0.5) is 0 Å². The van der Waals surface area contributed by atoms with E-state index >= 15 is 0 Å². The van der Waals surface area contributed by atoms with E-state index in [4.69, 9.17) is 0 Å². The van der Waals surface area contributed by atoms with Gasteiger partial charge in [0.1, 0.15) is 0 Å². The predicted octanol–water partition coefficient (Wildman–Crippen LogP) is 5.83. The van der Waals surface area contributed by atoms with Crippen LogP contribution in [0, 0.1) is 0 Å². The van der Waals surface area contributed by atoms with Crippen LogP contribution in [-0.4, -0.2) is 6.04 Å². The minimum Gasteiger partial charge on any atom is -0.308 e. The molecular formula is C15H23Br2N. The lowest BCUT2D eigenvalue weighted by atomic mass is 10.1. The summed E-state index contributed by atoms with van der Waals surface area (Å²) in [5.41, 5.74) is 1.32. The lowest BCUT2D eigenvalue weighted by molar-refractivity contribution is 0.439. The number of nitrogens with one attached hydrogen (secondary N) is 1. The Morgan fingerprint density at radius 2 is 1.89 bits per heavy atom. The van der Waals surface area contributed by atoms with E-state index in [2.05, 4.69) is 76.1 Å². The average molecular weight is 377 g/mol. The van der Waals surface area contributed by atoms with Gasteiger partial charge in [-0.3, -0.25) is 0 Å². The van der Waals surface area contributed by atoms with E-state index in [0.29, 0.717) is 12.1 Å². The molecule has 0 saturated carbocycles. The van der Waals surface area contributed by atoms with Crippen molar-refractivity contribution in [2.24, 2.45) is 0 Å². The van der Waals surface area contributed by atoms with E-state index in [1.54, 1.807) is 0 Å². The van der Waals surface area contributed by atoms with Crippen LogP contribution in [0.1, 0.15) is 58.1 Å². The molecule has 0 saturated heterocycles. The molecule has 1 rings (SSSR count). The van der Waals surface area contributed by atoms with Crippen molar-refractivity contribution in [2.45, 2.75) is 58.5 Å². The second-order valence-corrected chi connectivity index (χ2v) is 6.72. The van der Waals surface area contributed by atoms with Crippen molar-refractivity contribution >= 4 is 31.9 Å². The van der Waals surface area contributed by atoms with Crippen molar-refractivity contribution in [3.8, 4) is 0 Å². The molecule has 0 bridgehead atoms. The van der Waals surface area contributed by atoms with Crippen molar-refractivity contribution in [3.63, 3.8) is 0 Å². The Morgan fingerprint density at radius 3 is 2.50 bits per heavy atom. The zero-order chi connectivity index (χ0) is 13.5. The monoisotopic (exact) mass is 375 g/mol. The fraction of sp³-hybridized carbons (Fsp3) is 0.600. The van der Waals surface area contributed by atoms with Crippen LogP contribution >= 0.6 is 31.9 Å². The zero-order valence-electron chi connectivity index (χ0n) is 11.5. The molecule has 0 heterocycles. The van der Waals surface area contributed by atoms with E-state index in [1.807, 2.05) is 0 Å². The van der Waals surface area contributed by atoms with E-state index < -0.39 is 0 Å². The van der Waals surface area contributed by atoms with Crippen molar-refractivity contribution in [1.29, 1.82) is 0 Å². The summed E-state index contributed by atoms with van der Waals surface area (Å²) in [5, 5.41) is 3.67. The van der Waals surface area contributed by atoms with Crippen LogP contribution in [0.5, 0.6) is 0 Å². The van der Waals surface area contributed by atoms with Gasteiger partial charge in [-0.2, -0.15) is 0 Å². The first kappa shape index (κ1) is 16.2. The standard InChI is InChI=1S/C15H23Br2N/c1-4-5-6-7-11(2)18-12(3)14-9-8-13(16)10-15(14)17/h8-12,18H,4-7H2,1-3H3. The Morgan fingerprint density at radius 1 is 1.17 bits per heavy atom. The lowest BCUT2D eigenvalue weighted by Gasteiger charge is -2.21. The number of rotatable bonds is 7. The van der Waals surface area contributed by atoms with Gasteiger partial charge in [-0.15, -0.1) is 0 Å². The molecule has 1 aromatic carbocycles. The molecule has 0 amide bonds. The van der Waals surface area contributed by atoms with Gasteiger partial charge in [0.05, 0.1) is 0 Å². The van der Waals surface area contributed by atoms with E-state index in [9.17, 15) is 0 Å². The third-order valence-electron chi connectivity index (χ3n) is 3.20. The summed E-state index contributed by atoms with van der Waals surface area (Å²) in [6.07, 6.45) is 5.20. The normalized spacial score (nSPS) is 14.5. The summed E-state index contributed by atoms with van der Waals surface area (Å²) in [4.78, 5) is 0. The Labute approximate surface area is 128 Å². The van der Waals surface area contributed by atoms with Crippen LogP contribution in [0.2, 0.25) is 0 Å². The lowest BCUT2D eigenvalue weighted by Crippen LogP contribution is -2.29. The summed E-state index contributed by atoms with van der Waals surface area (Å²) < 4.78 is 2.28. The van der Waals surface area contributed by atoms with Crippen molar-refractivity contribution in [2.75, 3.05) is 0 Å². The molecule has 0 aliphatic heterocycles. The summed E-state index contributed by atoms with van der Waals surface area (Å²) in [5.74, 6) is 0. The van der Waals surface area contributed by atoms with Crippen molar-refractivity contribution in [1.82, 2.24) is 5.32 Å². The molecule has 0 aliphatic rings. The number of halogens is 2. The molecule has 1 N–H and O–H groups in total. The summed E-state index contributed by atoms with van der Waals surface area (Å²) in [7, 11) is 0. The predicted molar refractivity (Wildman–Crippen MR) is 87.0 cm³/mol. The molecule has 2 unspecified atom stereocenters. The van der Waals surface area contributed by atoms with Gasteiger partial charge in [-0.25, -0.2) is 0 Å². The van der Waals surface area contributed by atoms with Crippen LogP contribution < -0.4 is 5.32 Å². The van der Waals surface area contributed by atoms with Gasteiger partial charge in [0.2, 0.25) is 0 Å². The number of unbranched alkanes of at least 4 members (excludes halogenated alkanes) is 2. The molecule has 0 spiro atoms. The Balaban J connectivity index is 2.51. The fourth-order valence-electron chi connectivity index (χ4n) is 2.15. The van der Waals surface area contributed by atoms with Crippen LogP contribution in [0.3, 0.4) is 0 Å². The van der Waals surface area contributed by atoms with Crippen LogP contribution in [0.25, 0.3) is 0 Å². The first-order chi connectivity index (χ1) is 8.54. The van der Waals surface area contributed by atoms with Gasteiger partial charge in [0.25, 0.3) is 0 Å². The first-order valence-corrected chi connectivity index (χ1v) is 8.34. The quantitative estimate of drug-likeness (QED) is 0.590. The molecule has 0 radical (unpaired) electrons. The summed E-state index contributed by atoms with van der Waals surface area (Å²) in [6.45, 7) is 6.75. The maximum Gasteiger partial charge on any atom is 0.0305 e. The number of hydrogen-bond donors (Lipinski definition) is 1. The van der Waals surface area contributed by atoms with Gasteiger partial charge < -0.3 is 5.32 Å². The van der Waals surface area contributed by atoms with Crippen molar-refractivity contribution in [3.05, 3.63) is 32.7 Å². The smallest absolute Gasteiger partial charge is 0.0305 e. The Hall–Kier alpha value is 0.140. The highest BCUT2D eigenvalue weighted by Crippen LogP contribution is 2.27. The van der Waals surface area contributed by atoms with Crippen LogP contribution in [0.15, 0.2) is 27.1 Å². The van der Waals surface area contributed by atoms with E-state index in [-0.39, 0.29) is 0 Å². The largest absolute Gasteiger partial charge is 0.308 e. The minimum absolute atomic E-state index is 0.379.